The fourth-order valence-electron chi connectivity index (χ4n) is 1.96. The van der Waals surface area contributed by atoms with Gasteiger partial charge in [0, 0.05) is 13.1 Å². The summed E-state index contributed by atoms with van der Waals surface area (Å²) in [5.74, 6) is 0.0219. The molecule has 106 valence electrons. The zero-order chi connectivity index (χ0) is 13.9. The van der Waals surface area contributed by atoms with Gasteiger partial charge in [0.1, 0.15) is 10.7 Å². The first-order valence-electron chi connectivity index (χ1n) is 6.51. The highest BCUT2D eigenvalue weighted by Gasteiger charge is 2.22. The molecule has 0 atom stereocenters. The zero-order valence-corrected chi connectivity index (χ0v) is 11.5. The number of halogens is 1. The highest BCUT2D eigenvalue weighted by molar-refractivity contribution is 7.89. The van der Waals surface area contributed by atoms with Crippen molar-refractivity contribution in [1.82, 2.24) is 4.72 Å². The topological polar surface area (TPSA) is 72.2 Å². The molecule has 6 heteroatoms. The first-order chi connectivity index (χ1) is 9.03. The Labute approximate surface area is 113 Å². The van der Waals surface area contributed by atoms with Crippen LogP contribution in [0.5, 0.6) is 0 Å². The molecule has 2 rings (SSSR count). The fraction of sp³-hybridized carbons (Fsp3) is 0.538. The summed E-state index contributed by atoms with van der Waals surface area (Å²) in [7, 11) is -3.78. The molecule has 0 amide bonds. The summed E-state index contributed by atoms with van der Waals surface area (Å²) >= 11 is 0. The Bertz CT molecular complexity index is 542. The molecule has 1 saturated carbocycles. The summed E-state index contributed by atoms with van der Waals surface area (Å²) in [4.78, 5) is -0.318. The second kappa shape index (κ2) is 5.98. The van der Waals surface area contributed by atoms with E-state index >= 15 is 0 Å². The molecular formula is C13H19FN2O2S. The van der Waals surface area contributed by atoms with E-state index in [0.717, 1.165) is 24.8 Å². The minimum absolute atomic E-state index is 0.185. The van der Waals surface area contributed by atoms with Crippen LogP contribution < -0.4 is 10.5 Å². The van der Waals surface area contributed by atoms with E-state index in [4.69, 9.17) is 5.73 Å². The van der Waals surface area contributed by atoms with Crippen LogP contribution in [0.1, 0.15) is 31.2 Å². The van der Waals surface area contributed by atoms with Crippen LogP contribution in [0.15, 0.2) is 23.1 Å². The van der Waals surface area contributed by atoms with Crippen molar-refractivity contribution in [3.8, 4) is 0 Å². The number of benzene rings is 1. The van der Waals surface area contributed by atoms with Crippen molar-refractivity contribution < 1.29 is 12.8 Å². The smallest absolute Gasteiger partial charge is 0.243 e. The Morgan fingerprint density at radius 3 is 2.74 bits per heavy atom. The highest BCUT2D eigenvalue weighted by atomic mass is 32.2. The van der Waals surface area contributed by atoms with Gasteiger partial charge in [0.15, 0.2) is 0 Å². The van der Waals surface area contributed by atoms with Gasteiger partial charge < -0.3 is 5.73 Å². The van der Waals surface area contributed by atoms with Crippen molar-refractivity contribution in [1.29, 1.82) is 0 Å². The lowest BCUT2D eigenvalue weighted by Gasteiger charge is -2.09. The highest BCUT2D eigenvalue weighted by Crippen LogP contribution is 2.33. The second-order valence-electron chi connectivity index (χ2n) is 4.95. The molecule has 0 aliphatic heterocycles. The third-order valence-electron chi connectivity index (χ3n) is 3.30. The summed E-state index contributed by atoms with van der Waals surface area (Å²) in [6.45, 7) is 0.537. The molecule has 1 aliphatic carbocycles. The second-order valence-corrected chi connectivity index (χ2v) is 6.69. The molecule has 1 aliphatic rings. The molecule has 0 unspecified atom stereocenters. The van der Waals surface area contributed by atoms with Crippen LogP contribution in [0, 0.1) is 11.7 Å². The summed E-state index contributed by atoms with van der Waals surface area (Å²) in [5.41, 5.74) is 6.03. The minimum Gasteiger partial charge on any atom is -0.326 e. The molecule has 0 saturated heterocycles. The van der Waals surface area contributed by atoms with Gasteiger partial charge >= 0.3 is 0 Å². The van der Waals surface area contributed by atoms with Gasteiger partial charge in [0.25, 0.3) is 0 Å². The van der Waals surface area contributed by atoms with E-state index in [9.17, 15) is 12.8 Å². The molecule has 1 aromatic carbocycles. The average Bonchev–Trinajstić information content (AvgIpc) is 3.19. The molecule has 1 fully saturated rings. The Morgan fingerprint density at radius 2 is 2.11 bits per heavy atom. The van der Waals surface area contributed by atoms with Gasteiger partial charge in [-0.25, -0.2) is 17.5 Å². The first kappa shape index (κ1) is 14.4. The predicted octanol–water partition coefficient (Wildman–Crippen LogP) is 1.75. The van der Waals surface area contributed by atoms with Crippen LogP contribution in [0.3, 0.4) is 0 Å². The fourth-order valence-corrected chi connectivity index (χ4v) is 3.16. The van der Waals surface area contributed by atoms with Gasteiger partial charge in [-0.05, 0) is 36.5 Å². The zero-order valence-electron chi connectivity index (χ0n) is 10.7. The molecule has 3 N–H and O–H groups in total. The molecule has 0 bridgehead atoms. The first-order valence-corrected chi connectivity index (χ1v) is 7.99. The van der Waals surface area contributed by atoms with Crippen LogP contribution in [0.2, 0.25) is 0 Å². The SMILES string of the molecule is NCc1ccc(F)c(S(=O)(=O)NCCCC2CC2)c1. The van der Waals surface area contributed by atoms with E-state index in [1.165, 1.54) is 25.0 Å². The van der Waals surface area contributed by atoms with Crippen LogP contribution in [-0.4, -0.2) is 15.0 Å². The van der Waals surface area contributed by atoms with Crippen molar-refractivity contribution in [2.24, 2.45) is 11.7 Å². The van der Waals surface area contributed by atoms with E-state index in [-0.39, 0.29) is 11.4 Å². The lowest BCUT2D eigenvalue weighted by Crippen LogP contribution is -2.26. The van der Waals surface area contributed by atoms with Crippen LogP contribution >= 0.6 is 0 Å². The van der Waals surface area contributed by atoms with E-state index in [1.54, 1.807) is 0 Å². The van der Waals surface area contributed by atoms with Crippen molar-refractivity contribution in [2.75, 3.05) is 6.54 Å². The quantitative estimate of drug-likeness (QED) is 0.750. The normalized spacial score (nSPS) is 15.7. The van der Waals surface area contributed by atoms with E-state index < -0.39 is 15.8 Å². The average molecular weight is 286 g/mol. The standard InChI is InChI=1S/C13H19FN2O2S/c14-12-6-5-11(9-15)8-13(12)19(17,18)16-7-1-2-10-3-4-10/h5-6,8,10,16H,1-4,7,9,15H2. The van der Waals surface area contributed by atoms with Crippen molar-refractivity contribution >= 4 is 10.0 Å². The summed E-state index contributed by atoms with van der Waals surface area (Å²) in [6.07, 6.45) is 4.33. The molecule has 0 aromatic heterocycles. The van der Waals surface area contributed by atoms with Crippen molar-refractivity contribution in [2.45, 2.75) is 37.1 Å². The molecule has 0 heterocycles. The number of rotatable bonds is 7. The maximum Gasteiger partial charge on any atom is 0.243 e. The van der Waals surface area contributed by atoms with Crippen LogP contribution in [0.4, 0.5) is 4.39 Å². The molecule has 1 aromatic rings. The predicted molar refractivity (Wildman–Crippen MR) is 71.4 cm³/mol. The molecular weight excluding hydrogens is 267 g/mol. The third kappa shape index (κ3) is 3.99. The maximum atomic E-state index is 13.6. The van der Waals surface area contributed by atoms with Gasteiger partial charge in [-0.15, -0.1) is 0 Å². The number of nitrogens with one attached hydrogen (secondary N) is 1. The van der Waals surface area contributed by atoms with Crippen molar-refractivity contribution in [3.05, 3.63) is 29.6 Å². The number of nitrogens with two attached hydrogens (primary N) is 1. The van der Waals surface area contributed by atoms with Gasteiger partial charge in [0.05, 0.1) is 0 Å². The van der Waals surface area contributed by atoms with Gasteiger partial charge in [-0.3, -0.25) is 0 Å². The lowest BCUT2D eigenvalue weighted by atomic mass is 10.2. The Hall–Kier alpha value is -0.980. The number of sulfonamides is 1. The van der Waals surface area contributed by atoms with Gasteiger partial charge in [0.2, 0.25) is 10.0 Å². The molecule has 0 radical (unpaired) electrons. The molecule has 4 nitrogen and oxygen atoms in total. The monoisotopic (exact) mass is 286 g/mol. The Balaban J connectivity index is 2.00. The third-order valence-corrected chi connectivity index (χ3v) is 4.78. The molecule has 19 heavy (non-hydrogen) atoms. The maximum absolute atomic E-state index is 13.6. The van der Waals surface area contributed by atoms with Gasteiger partial charge in [-0.2, -0.15) is 0 Å². The van der Waals surface area contributed by atoms with Gasteiger partial charge in [-0.1, -0.05) is 18.9 Å². The lowest BCUT2D eigenvalue weighted by molar-refractivity contribution is 0.551. The Morgan fingerprint density at radius 1 is 1.37 bits per heavy atom. The number of hydrogen-bond donors (Lipinski definition) is 2. The summed E-state index contributed by atoms with van der Waals surface area (Å²) in [6, 6.07) is 3.92. The van der Waals surface area contributed by atoms with E-state index in [2.05, 4.69) is 4.72 Å². The van der Waals surface area contributed by atoms with E-state index in [1.807, 2.05) is 0 Å². The van der Waals surface area contributed by atoms with E-state index in [0.29, 0.717) is 12.1 Å². The Kier molecular flexibility index (Phi) is 4.54. The van der Waals surface area contributed by atoms with Crippen LogP contribution in [-0.2, 0) is 16.6 Å². The molecule has 0 spiro atoms. The largest absolute Gasteiger partial charge is 0.326 e. The summed E-state index contributed by atoms with van der Waals surface area (Å²) in [5, 5.41) is 0. The minimum atomic E-state index is -3.78. The summed E-state index contributed by atoms with van der Waals surface area (Å²) < 4.78 is 40.0. The number of hydrogen-bond acceptors (Lipinski definition) is 3. The van der Waals surface area contributed by atoms with Crippen molar-refractivity contribution in [3.63, 3.8) is 0 Å². The van der Waals surface area contributed by atoms with Crippen LogP contribution in [0.25, 0.3) is 0 Å².